The summed E-state index contributed by atoms with van der Waals surface area (Å²) in [6.45, 7) is -0.00954. The van der Waals surface area contributed by atoms with Crippen LogP contribution in [-0.2, 0) is 24.2 Å². The summed E-state index contributed by atoms with van der Waals surface area (Å²) >= 11 is 0. The van der Waals surface area contributed by atoms with Crippen molar-refractivity contribution in [2.75, 3.05) is 12.4 Å². The highest BCUT2D eigenvalue weighted by Gasteiger charge is 2.14. The Balaban J connectivity index is 1.58. The van der Waals surface area contributed by atoms with Gasteiger partial charge in [-0.2, -0.15) is 0 Å². The molecule has 0 aliphatic heterocycles. The maximum Gasteiger partial charge on any atom is 0.229 e. The lowest BCUT2D eigenvalue weighted by atomic mass is 10.1. The van der Waals surface area contributed by atoms with Gasteiger partial charge in [-0.25, -0.2) is 9.97 Å². The molecule has 0 bridgehead atoms. The predicted molar refractivity (Wildman–Crippen MR) is 128 cm³/mol. The second-order valence-electron chi connectivity index (χ2n) is 7.64. The average molecular weight is 440 g/mol. The molecule has 0 radical (unpaired) electrons. The molecule has 6 heteroatoms. The molecule has 0 spiro atoms. The fourth-order valence-corrected chi connectivity index (χ4v) is 3.47. The monoisotopic (exact) mass is 439 g/mol. The van der Waals surface area contributed by atoms with Crippen LogP contribution in [0, 0.1) is 0 Å². The molecule has 0 fully saturated rings. The van der Waals surface area contributed by atoms with Gasteiger partial charge in [0.25, 0.3) is 0 Å². The molecule has 1 heterocycles. The zero-order chi connectivity index (χ0) is 23.0. The Morgan fingerprint density at radius 1 is 0.909 bits per heavy atom. The minimum Gasteiger partial charge on any atom is -0.497 e. The van der Waals surface area contributed by atoms with E-state index in [2.05, 4.69) is 10.3 Å². The number of amides is 1. The highest BCUT2D eigenvalue weighted by Crippen LogP contribution is 2.23. The van der Waals surface area contributed by atoms with Crippen LogP contribution in [-0.4, -0.2) is 28.1 Å². The second kappa shape index (κ2) is 10.5. The second-order valence-corrected chi connectivity index (χ2v) is 7.64. The van der Waals surface area contributed by atoms with Crippen molar-refractivity contribution < 1.29 is 14.6 Å². The molecule has 0 saturated carbocycles. The van der Waals surface area contributed by atoms with E-state index in [0.29, 0.717) is 23.6 Å². The van der Waals surface area contributed by atoms with Crippen molar-refractivity contribution in [2.24, 2.45) is 0 Å². The van der Waals surface area contributed by atoms with E-state index in [-0.39, 0.29) is 18.9 Å². The first-order valence-corrected chi connectivity index (χ1v) is 10.7. The number of aromatic nitrogens is 2. The molecule has 0 aliphatic carbocycles. The molecule has 3 aromatic carbocycles. The maximum atomic E-state index is 12.7. The molecule has 166 valence electrons. The summed E-state index contributed by atoms with van der Waals surface area (Å²) in [5, 5.41) is 12.2. The lowest BCUT2D eigenvalue weighted by Crippen LogP contribution is -2.17. The van der Waals surface area contributed by atoms with E-state index in [4.69, 9.17) is 9.72 Å². The molecule has 4 rings (SSSR count). The van der Waals surface area contributed by atoms with Crippen molar-refractivity contribution in [1.82, 2.24) is 9.97 Å². The number of hydrogen-bond donors (Lipinski definition) is 2. The van der Waals surface area contributed by atoms with Crippen LogP contribution in [0.4, 0.5) is 5.82 Å². The standard InChI is InChI=1S/C27H25N3O3/c1-33-23-13-9-20(10-14-23)16-26(32)30-27-24(15-19-5-3-2-4-6-19)29-25(17-28-27)22-11-7-21(18-31)8-12-22/h2-14,17,31H,15-16,18H2,1H3,(H,28,30,32). The normalized spacial score (nSPS) is 10.6. The molecule has 0 atom stereocenters. The SMILES string of the molecule is COc1ccc(CC(=O)Nc2ncc(-c3ccc(CO)cc3)nc2Cc2ccccc2)cc1. The number of hydrogen-bond acceptors (Lipinski definition) is 5. The van der Waals surface area contributed by atoms with Crippen molar-refractivity contribution in [1.29, 1.82) is 0 Å². The van der Waals surface area contributed by atoms with Crippen LogP contribution in [0.5, 0.6) is 5.75 Å². The lowest BCUT2D eigenvalue weighted by molar-refractivity contribution is -0.115. The zero-order valence-electron chi connectivity index (χ0n) is 18.4. The van der Waals surface area contributed by atoms with E-state index in [9.17, 15) is 9.90 Å². The lowest BCUT2D eigenvalue weighted by Gasteiger charge is -2.12. The number of aliphatic hydroxyl groups excluding tert-OH is 1. The van der Waals surface area contributed by atoms with Crippen LogP contribution < -0.4 is 10.1 Å². The molecule has 6 nitrogen and oxygen atoms in total. The highest BCUT2D eigenvalue weighted by molar-refractivity contribution is 5.92. The Morgan fingerprint density at radius 2 is 1.61 bits per heavy atom. The summed E-state index contributed by atoms with van der Waals surface area (Å²) < 4.78 is 5.17. The summed E-state index contributed by atoms with van der Waals surface area (Å²) in [5.74, 6) is 1.04. The minimum atomic E-state index is -0.163. The predicted octanol–water partition coefficient (Wildman–Crippen LogP) is 4.42. The van der Waals surface area contributed by atoms with Crippen molar-refractivity contribution >= 4 is 11.7 Å². The van der Waals surface area contributed by atoms with Gasteiger partial charge < -0.3 is 15.2 Å². The summed E-state index contributed by atoms with van der Waals surface area (Å²) in [6, 6.07) is 24.9. The summed E-state index contributed by atoms with van der Waals surface area (Å²) in [4.78, 5) is 22.1. The van der Waals surface area contributed by atoms with Crippen molar-refractivity contribution in [3.63, 3.8) is 0 Å². The van der Waals surface area contributed by atoms with Gasteiger partial charge in [0.15, 0.2) is 5.82 Å². The van der Waals surface area contributed by atoms with Gasteiger partial charge in [0, 0.05) is 12.0 Å². The number of nitrogens with zero attached hydrogens (tertiary/aromatic N) is 2. The quantitative estimate of drug-likeness (QED) is 0.425. The molecular formula is C27H25N3O3. The van der Waals surface area contributed by atoms with Crippen LogP contribution in [0.1, 0.15) is 22.4 Å². The third-order valence-corrected chi connectivity index (χ3v) is 5.27. The molecule has 1 aromatic heterocycles. The van der Waals surface area contributed by atoms with Gasteiger partial charge in [0.1, 0.15) is 5.75 Å². The number of carbonyl (C=O) groups is 1. The van der Waals surface area contributed by atoms with E-state index in [0.717, 1.165) is 28.0 Å². The average Bonchev–Trinajstić information content (AvgIpc) is 2.86. The first kappa shape index (κ1) is 22.2. The van der Waals surface area contributed by atoms with Gasteiger partial charge in [-0.3, -0.25) is 4.79 Å². The Bertz CT molecular complexity index is 1210. The molecule has 1 amide bonds. The first-order chi connectivity index (χ1) is 16.1. The Hall–Kier alpha value is -4.03. The number of nitrogens with one attached hydrogen (secondary N) is 1. The van der Waals surface area contributed by atoms with Gasteiger partial charge >= 0.3 is 0 Å². The molecular weight excluding hydrogens is 414 g/mol. The Morgan fingerprint density at radius 3 is 2.27 bits per heavy atom. The number of methoxy groups -OCH3 is 1. The summed E-state index contributed by atoms with van der Waals surface area (Å²) in [6.07, 6.45) is 2.42. The fraction of sp³-hybridized carbons (Fsp3) is 0.148. The largest absolute Gasteiger partial charge is 0.497 e. The third-order valence-electron chi connectivity index (χ3n) is 5.27. The Labute approximate surface area is 192 Å². The number of rotatable bonds is 8. The number of anilines is 1. The molecule has 4 aromatic rings. The maximum absolute atomic E-state index is 12.7. The van der Waals surface area contributed by atoms with Gasteiger partial charge in [0.05, 0.1) is 37.7 Å². The summed E-state index contributed by atoms with van der Waals surface area (Å²) in [5.41, 5.74) is 5.08. The topological polar surface area (TPSA) is 84.3 Å². The number of benzene rings is 3. The molecule has 0 aliphatic rings. The highest BCUT2D eigenvalue weighted by atomic mass is 16.5. The van der Waals surface area contributed by atoms with Gasteiger partial charge in [-0.1, -0.05) is 66.7 Å². The zero-order valence-corrected chi connectivity index (χ0v) is 18.4. The van der Waals surface area contributed by atoms with Crippen molar-refractivity contribution in [3.8, 4) is 17.0 Å². The summed E-state index contributed by atoms with van der Waals surface area (Å²) in [7, 11) is 1.61. The van der Waals surface area contributed by atoms with Crippen LogP contribution in [0.15, 0.2) is 85.1 Å². The molecule has 33 heavy (non-hydrogen) atoms. The minimum absolute atomic E-state index is 0.00954. The molecule has 0 saturated heterocycles. The third kappa shape index (κ3) is 5.81. The molecule has 2 N–H and O–H groups in total. The van der Waals surface area contributed by atoms with Crippen LogP contribution in [0.3, 0.4) is 0 Å². The first-order valence-electron chi connectivity index (χ1n) is 10.7. The number of carbonyl (C=O) groups excluding carboxylic acids is 1. The van der Waals surface area contributed by atoms with Gasteiger partial charge in [-0.15, -0.1) is 0 Å². The van der Waals surface area contributed by atoms with Crippen LogP contribution in [0.2, 0.25) is 0 Å². The van der Waals surface area contributed by atoms with Gasteiger partial charge in [0.2, 0.25) is 5.91 Å². The fourth-order valence-electron chi connectivity index (χ4n) is 3.47. The van der Waals surface area contributed by atoms with Crippen molar-refractivity contribution in [2.45, 2.75) is 19.4 Å². The van der Waals surface area contributed by atoms with Crippen LogP contribution in [0.25, 0.3) is 11.3 Å². The van der Waals surface area contributed by atoms with E-state index in [1.807, 2.05) is 78.9 Å². The van der Waals surface area contributed by atoms with Crippen LogP contribution >= 0.6 is 0 Å². The van der Waals surface area contributed by atoms with E-state index >= 15 is 0 Å². The van der Waals surface area contributed by atoms with Gasteiger partial charge in [-0.05, 0) is 28.8 Å². The van der Waals surface area contributed by atoms with Crippen molar-refractivity contribution in [3.05, 3.63) is 107 Å². The number of ether oxygens (including phenoxy) is 1. The Kier molecular flexibility index (Phi) is 7.07. The van der Waals surface area contributed by atoms with E-state index < -0.39 is 0 Å². The van der Waals surface area contributed by atoms with E-state index in [1.54, 1.807) is 13.3 Å². The molecule has 0 unspecified atom stereocenters. The van der Waals surface area contributed by atoms with E-state index in [1.165, 1.54) is 0 Å². The number of aliphatic hydroxyl groups is 1. The smallest absolute Gasteiger partial charge is 0.229 e.